The van der Waals surface area contributed by atoms with Crippen molar-refractivity contribution in [2.24, 2.45) is 5.92 Å². The number of anilines is 1. The maximum absolute atomic E-state index is 4.35. The summed E-state index contributed by atoms with van der Waals surface area (Å²) in [6.07, 6.45) is 7.08. The SMILES string of the molecule is Cc1ccc(NC2CCC(C)CC2n2cncn2)cc1. The first-order valence-electron chi connectivity index (χ1n) is 7.39. The second-order valence-corrected chi connectivity index (χ2v) is 5.98. The van der Waals surface area contributed by atoms with Crippen LogP contribution in [0.4, 0.5) is 5.69 Å². The molecule has 1 saturated carbocycles. The average Bonchev–Trinajstić information content (AvgIpc) is 2.97. The topological polar surface area (TPSA) is 42.7 Å². The molecule has 1 aromatic heterocycles. The third-order valence-corrected chi connectivity index (χ3v) is 4.26. The fraction of sp³-hybridized carbons (Fsp3) is 0.500. The van der Waals surface area contributed by atoms with Crippen LogP contribution in [-0.2, 0) is 0 Å². The van der Waals surface area contributed by atoms with Crippen LogP contribution in [0.15, 0.2) is 36.9 Å². The second kappa shape index (κ2) is 5.65. The highest BCUT2D eigenvalue weighted by Crippen LogP contribution is 2.33. The molecule has 0 radical (unpaired) electrons. The molecule has 20 heavy (non-hydrogen) atoms. The van der Waals surface area contributed by atoms with E-state index in [-0.39, 0.29) is 0 Å². The quantitative estimate of drug-likeness (QED) is 0.929. The molecule has 3 unspecified atom stereocenters. The van der Waals surface area contributed by atoms with Crippen molar-refractivity contribution < 1.29 is 0 Å². The maximum Gasteiger partial charge on any atom is 0.137 e. The first-order valence-corrected chi connectivity index (χ1v) is 7.39. The number of aryl methyl sites for hydroxylation is 1. The van der Waals surface area contributed by atoms with Crippen LogP contribution >= 0.6 is 0 Å². The molecule has 106 valence electrons. The Morgan fingerprint density at radius 1 is 1.20 bits per heavy atom. The second-order valence-electron chi connectivity index (χ2n) is 5.98. The summed E-state index contributed by atoms with van der Waals surface area (Å²) < 4.78 is 2.02. The molecule has 4 heteroatoms. The Bertz CT molecular complexity index is 532. The lowest BCUT2D eigenvalue weighted by atomic mass is 9.83. The van der Waals surface area contributed by atoms with E-state index < -0.39 is 0 Å². The van der Waals surface area contributed by atoms with Gasteiger partial charge >= 0.3 is 0 Å². The Morgan fingerprint density at radius 2 is 2.00 bits per heavy atom. The van der Waals surface area contributed by atoms with Crippen LogP contribution in [0.25, 0.3) is 0 Å². The minimum Gasteiger partial charge on any atom is -0.380 e. The van der Waals surface area contributed by atoms with Crippen molar-refractivity contribution in [3.8, 4) is 0 Å². The normalized spacial score (nSPS) is 26.4. The van der Waals surface area contributed by atoms with E-state index in [1.165, 1.54) is 24.1 Å². The first-order chi connectivity index (χ1) is 9.72. The van der Waals surface area contributed by atoms with Crippen molar-refractivity contribution in [3.63, 3.8) is 0 Å². The molecule has 1 heterocycles. The van der Waals surface area contributed by atoms with E-state index in [1.807, 2.05) is 11.0 Å². The molecule has 0 aliphatic heterocycles. The van der Waals surface area contributed by atoms with Crippen LogP contribution in [0.2, 0.25) is 0 Å². The van der Waals surface area contributed by atoms with Crippen LogP contribution in [0.5, 0.6) is 0 Å². The Hall–Kier alpha value is -1.84. The van der Waals surface area contributed by atoms with Gasteiger partial charge in [-0.05, 0) is 44.2 Å². The third kappa shape index (κ3) is 2.84. The van der Waals surface area contributed by atoms with Crippen molar-refractivity contribution in [1.82, 2.24) is 14.8 Å². The van der Waals surface area contributed by atoms with Gasteiger partial charge in [-0.3, -0.25) is 0 Å². The molecular weight excluding hydrogens is 248 g/mol. The standard InChI is InChI=1S/C16H22N4/c1-12-3-6-14(7-4-12)19-15-8-5-13(2)9-16(15)20-11-17-10-18-20/h3-4,6-7,10-11,13,15-16,19H,5,8-9H2,1-2H3. The summed E-state index contributed by atoms with van der Waals surface area (Å²) in [7, 11) is 0. The molecule has 0 spiro atoms. The van der Waals surface area contributed by atoms with Crippen LogP contribution in [0.1, 0.15) is 37.8 Å². The van der Waals surface area contributed by atoms with E-state index in [0.29, 0.717) is 12.1 Å². The fourth-order valence-electron chi connectivity index (χ4n) is 3.06. The average molecular weight is 270 g/mol. The smallest absolute Gasteiger partial charge is 0.137 e. The Morgan fingerprint density at radius 3 is 2.70 bits per heavy atom. The van der Waals surface area contributed by atoms with Crippen molar-refractivity contribution in [2.75, 3.05) is 5.32 Å². The zero-order chi connectivity index (χ0) is 13.9. The van der Waals surface area contributed by atoms with Gasteiger partial charge in [0, 0.05) is 11.7 Å². The van der Waals surface area contributed by atoms with Crippen LogP contribution < -0.4 is 5.32 Å². The molecule has 0 amide bonds. The third-order valence-electron chi connectivity index (χ3n) is 4.26. The number of hydrogen-bond donors (Lipinski definition) is 1. The highest BCUT2D eigenvalue weighted by molar-refractivity contribution is 5.45. The van der Waals surface area contributed by atoms with Crippen molar-refractivity contribution in [2.45, 2.75) is 45.2 Å². The Labute approximate surface area is 120 Å². The van der Waals surface area contributed by atoms with Gasteiger partial charge in [0.25, 0.3) is 0 Å². The Kier molecular flexibility index (Phi) is 3.72. The minimum absolute atomic E-state index is 0.391. The molecule has 1 aliphatic rings. The van der Waals surface area contributed by atoms with Gasteiger partial charge in [-0.2, -0.15) is 5.10 Å². The molecule has 1 fully saturated rings. The number of aromatic nitrogens is 3. The van der Waals surface area contributed by atoms with Crippen molar-refractivity contribution in [3.05, 3.63) is 42.5 Å². The monoisotopic (exact) mass is 270 g/mol. The number of rotatable bonds is 3. The molecule has 1 N–H and O–H groups in total. The summed E-state index contributed by atoms with van der Waals surface area (Å²) in [5.41, 5.74) is 2.49. The summed E-state index contributed by atoms with van der Waals surface area (Å²) in [5, 5.41) is 8.02. The van der Waals surface area contributed by atoms with Gasteiger partial charge in [0.1, 0.15) is 12.7 Å². The van der Waals surface area contributed by atoms with Crippen LogP contribution in [0.3, 0.4) is 0 Å². The molecule has 0 saturated heterocycles. The van der Waals surface area contributed by atoms with Gasteiger partial charge in [0.05, 0.1) is 6.04 Å². The molecule has 2 aromatic rings. The van der Waals surface area contributed by atoms with E-state index in [9.17, 15) is 0 Å². The van der Waals surface area contributed by atoms with Gasteiger partial charge in [-0.1, -0.05) is 24.6 Å². The highest BCUT2D eigenvalue weighted by atomic mass is 15.3. The number of benzene rings is 1. The number of nitrogens with one attached hydrogen (secondary N) is 1. The van der Waals surface area contributed by atoms with Crippen LogP contribution in [-0.4, -0.2) is 20.8 Å². The molecular formula is C16H22N4. The Balaban J connectivity index is 1.77. The van der Waals surface area contributed by atoms with E-state index in [0.717, 1.165) is 12.3 Å². The highest BCUT2D eigenvalue weighted by Gasteiger charge is 2.30. The lowest BCUT2D eigenvalue weighted by molar-refractivity contribution is 0.244. The number of nitrogens with zero attached hydrogens (tertiary/aromatic N) is 3. The first kappa shape index (κ1) is 13.2. The predicted octanol–water partition coefficient (Wildman–Crippen LogP) is 3.43. The summed E-state index contributed by atoms with van der Waals surface area (Å²) >= 11 is 0. The molecule has 0 bridgehead atoms. The summed E-state index contributed by atoms with van der Waals surface area (Å²) in [6.45, 7) is 4.44. The minimum atomic E-state index is 0.391. The van der Waals surface area contributed by atoms with Gasteiger partial charge in [-0.25, -0.2) is 9.67 Å². The lowest BCUT2D eigenvalue weighted by Crippen LogP contribution is -2.36. The largest absolute Gasteiger partial charge is 0.380 e. The van der Waals surface area contributed by atoms with Crippen molar-refractivity contribution >= 4 is 5.69 Å². The zero-order valence-electron chi connectivity index (χ0n) is 12.2. The summed E-state index contributed by atoms with van der Waals surface area (Å²) in [4.78, 5) is 4.10. The summed E-state index contributed by atoms with van der Waals surface area (Å²) in [6, 6.07) is 9.44. The fourth-order valence-corrected chi connectivity index (χ4v) is 3.06. The molecule has 1 aromatic carbocycles. The van der Waals surface area contributed by atoms with Gasteiger partial charge in [0.2, 0.25) is 0 Å². The lowest BCUT2D eigenvalue weighted by Gasteiger charge is -2.35. The molecule has 1 aliphatic carbocycles. The van der Waals surface area contributed by atoms with E-state index in [1.54, 1.807) is 6.33 Å². The van der Waals surface area contributed by atoms with Gasteiger partial charge < -0.3 is 5.32 Å². The van der Waals surface area contributed by atoms with Crippen molar-refractivity contribution in [1.29, 1.82) is 0 Å². The van der Waals surface area contributed by atoms with E-state index >= 15 is 0 Å². The molecule has 4 nitrogen and oxygen atoms in total. The zero-order valence-corrected chi connectivity index (χ0v) is 12.2. The van der Waals surface area contributed by atoms with Gasteiger partial charge in [-0.15, -0.1) is 0 Å². The van der Waals surface area contributed by atoms with E-state index in [2.05, 4.69) is 53.5 Å². The maximum atomic E-state index is 4.35. The molecule has 3 rings (SSSR count). The molecule has 3 atom stereocenters. The van der Waals surface area contributed by atoms with Crippen LogP contribution in [0, 0.1) is 12.8 Å². The van der Waals surface area contributed by atoms with E-state index in [4.69, 9.17) is 0 Å². The summed E-state index contributed by atoms with van der Waals surface area (Å²) in [5.74, 6) is 0.750. The predicted molar refractivity (Wildman–Crippen MR) is 80.7 cm³/mol. The van der Waals surface area contributed by atoms with Gasteiger partial charge in [0.15, 0.2) is 0 Å². The number of hydrogen-bond acceptors (Lipinski definition) is 3.